The molecular formula is C32H42N3O8-. The van der Waals surface area contributed by atoms with Gasteiger partial charge in [0, 0.05) is 5.92 Å². The van der Waals surface area contributed by atoms with Gasteiger partial charge in [-0.1, -0.05) is 36.7 Å². The molecule has 1 aromatic carbocycles. The van der Waals surface area contributed by atoms with Crippen molar-refractivity contribution in [2.45, 2.75) is 84.3 Å². The Kier molecular flexibility index (Phi) is 8.70. The number of ketones is 1. The molecule has 6 unspecified atom stereocenters. The summed E-state index contributed by atoms with van der Waals surface area (Å²) in [5, 5.41) is 46.4. The Hall–Kier alpha value is -3.28. The van der Waals surface area contributed by atoms with Gasteiger partial charge in [-0.25, -0.2) is 4.79 Å². The summed E-state index contributed by atoms with van der Waals surface area (Å²) in [5.74, 6) is 0.0920. The van der Waals surface area contributed by atoms with Gasteiger partial charge in [0.15, 0.2) is 12.6 Å². The maximum absolute atomic E-state index is 12.5. The van der Waals surface area contributed by atoms with E-state index in [-0.39, 0.29) is 28.0 Å². The number of oxime groups is 1. The number of amides is 1. The second kappa shape index (κ2) is 12.0. The van der Waals surface area contributed by atoms with E-state index >= 15 is 0 Å². The number of aliphatic carboxylic acids is 1. The number of carbonyl (C=O) groups is 3. The summed E-state index contributed by atoms with van der Waals surface area (Å²) >= 11 is 0. The summed E-state index contributed by atoms with van der Waals surface area (Å²) < 4.78 is 0. The highest BCUT2D eigenvalue weighted by atomic mass is 16.8. The summed E-state index contributed by atoms with van der Waals surface area (Å²) in [7, 11) is 0. The average molecular weight is 597 g/mol. The molecule has 0 saturated heterocycles. The first-order valence-corrected chi connectivity index (χ1v) is 15.2. The van der Waals surface area contributed by atoms with Crippen LogP contribution in [0, 0.1) is 39.7 Å². The zero-order valence-electron chi connectivity index (χ0n) is 25.0. The van der Waals surface area contributed by atoms with E-state index in [1.807, 2.05) is 0 Å². The van der Waals surface area contributed by atoms with Crippen LogP contribution in [0.4, 0.5) is 5.69 Å². The van der Waals surface area contributed by atoms with E-state index in [9.17, 15) is 29.8 Å². The van der Waals surface area contributed by atoms with Gasteiger partial charge in [-0.2, -0.15) is 0 Å². The number of allylic oxidation sites excluding steroid dienone is 2. The van der Waals surface area contributed by atoms with E-state index in [1.54, 1.807) is 6.92 Å². The quantitative estimate of drug-likeness (QED) is 0.299. The molecule has 11 heteroatoms. The lowest BCUT2D eigenvalue weighted by atomic mass is 9.46. The van der Waals surface area contributed by atoms with Crippen molar-refractivity contribution < 1.29 is 34.6 Å². The van der Waals surface area contributed by atoms with Gasteiger partial charge in [-0.05, 0) is 111 Å². The first kappa shape index (κ1) is 31.2. The van der Waals surface area contributed by atoms with Crippen LogP contribution in [0.5, 0.6) is 0 Å². The van der Waals surface area contributed by atoms with Gasteiger partial charge in [0.05, 0.1) is 11.4 Å². The Bertz CT molecular complexity index is 1330. The van der Waals surface area contributed by atoms with Crippen molar-refractivity contribution in [1.29, 1.82) is 0 Å². The Morgan fingerprint density at radius 1 is 1.14 bits per heavy atom. The minimum absolute atomic E-state index is 0.0297. The second-order valence-corrected chi connectivity index (χ2v) is 13.3. The van der Waals surface area contributed by atoms with Crippen LogP contribution < -0.4 is 10.5 Å². The Morgan fingerprint density at radius 2 is 1.91 bits per heavy atom. The number of nitrogens with zero attached hydrogens (tertiary/aromatic N) is 2. The normalized spacial score (nSPS) is 33.7. The van der Waals surface area contributed by atoms with Crippen molar-refractivity contribution in [2.75, 3.05) is 11.8 Å². The SMILES string of the molecule is CC(=O)C1CCC2C3CCC4=CC(=NOCC(=O)NC(C(=O)O)C(O)c5cccc(N([O-])O)c5)CC[C@]4(C)C3CC[C@]12C. The molecule has 11 nitrogen and oxygen atoms in total. The monoisotopic (exact) mass is 596 g/mol. The number of hydrogen-bond acceptors (Lipinski definition) is 9. The molecule has 0 aromatic heterocycles. The second-order valence-electron chi connectivity index (χ2n) is 13.3. The van der Waals surface area contributed by atoms with Gasteiger partial charge in [0.2, 0.25) is 0 Å². The highest BCUT2D eigenvalue weighted by molar-refractivity contribution is 5.96. The molecular weight excluding hydrogens is 554 g/mol. The zero-order valence-corrected chi connectivity index (χ0v) is 25.0. The van der Waals surface area contributed by atoms with Crippen LogP contribution >= 0.6 is 0 Å². The van der Waals surface area contributed by atoms with E-state index in [0.717, 1.165) is 56.7 Å². The molecule has 0 bridgehead atoms. The fourth-order valence-electron chi connectivity index (χ4n) is 9.00. The topological polar surface area (TPSA) is 172 Å². The van der Waals surface area contributed by atoms with Crippen LogP contribution in [0.25, 0.3) is 0 Å². The third-order valence-corrected chi connectivity index (χ3v) is 11.2. The number of nitrogens with one attached hydrogen (secondary N) is 1. The van der Waals surface area contributed by atoms with Crippen molar-refractivity contribution in [1.82, 2.24) is 5.32 Å². The molecule has 3 fully saturated rings. The highest BCUT2D eigenvalue weighted by Gasteiger charge is 2.59. The summed E-state index contributed by atoms with van der Waals surface area (Å²) in [6, 6.07) is 3.44. The van der Waals surface area contributed by atoms with Crippen LogP contribution in [0.1, 0.15) is 83.8 Å². The number of fused-ring (bicyclic) bond motifs is 5. The standard InChI is InChI=1S/C32H42N3O8/c1-18(36)24-9-10-25-23-8-7-20-16-21(11-13-31(20,2)26(23)12-14-32(24,25)3)34-43-17-27(37)33-28(30(39)40)29(38)19-5-4-6-22(15-19)35(41)42/h4-6,15-16,23-26,28-29,38,41H,7-14,17H2,1-3H3,(H,33,37)(H,39,40)/q-1/t23?,24?,25?,26?,28?,29?,31-,32+/m0/s1. The lowest BCUT2D eigenvalue weighted by Gasteiger charge is -2.58. The number of aliphatic hydroxyl groups excluding tert-OH is 1. The first-order chi connectivity index (χ1) is 20.3. The van der Waals surface area contributed by atoms with E-state index < -0.39 is 35.9 Å². The molecule has 0 spiro atoms. The van der Waals surface area contributed by atoms with Crippen LogP contribution in [0.2, 0.25) is 0 Å². The highest BCUT2D eigenvalue weighted by Crippen LogP contribution is 2.66. The number of carbonyl (C=O) groups excluding carboxylic acids is 2. The summed E-state index contributed by atoms with van der Waals surface area (Å²) in [6.45, 7) is 5.96. The van der Waals surface area contributed by atoms with E-state index in [1.165, 1.54) is 23.8 Å². The van der Waals surface area contributed by atoms with Crippen molar-refractivity contribution in [3.63, 3.8) is 0 Å². The van der Waals surface area contributed by atoms with Gasteiger partial charge in [-0.3, -0.25) is 14.8 Å². The molecule has 0 radical (unpaired) electrons. The van der Waals surface area contributed by atoms with E-state index in [0.29, 0.717) is 30.0 Å². The predicted molar refractivity (Wildman–Crippen MR) is 158 cm³/mol. The number of rotatable bonds is 9. The van der Waals surface area contributed by atoms with E-state index in [2.05, 4.69) is 30.4 Å². The molecule has 43 heavy (non-hydrogen) atoms. The number of aliphatic hydroxyl groups is 1. The minimum Gasteiger partial charge on any atom is -0.733 e. The van der Waals surface area contributed by atoms with Crippen molar-refractivity contribution in [3.05, 3.63) is 46.7 Å². The van der Waals surface area contributed by atoms with Crippen LogP contribution in [0.15, 0.2) is 41.1 Å². The van der Waals surface area contributed by atoms with Crippen molar-refractivity contribution >= 4 is 29.1 Å². The molecule has 0 heterocycles. The van der Waals surface area contributed by atoms with Crippen molar-refractivity contribution in [3.8, 4) is 0 Å². The van der Waals surface area contributed by atoms with Gasteiger partial charge < -0.3 is 30.8 Å². The van der Waals surface area contributed by atoms with Crippen LogP contribution in [-0.4, -0.2) is 51.4 Å². The van der Waals surface area contributed by atoms with Crippen LogP contribution in [0.3, 0.4) is 0 Å². The predicted octanol–water partition coefficient (Wildman–Crippen LogP) is 4.52. The largest absolute Gasteiger partial charge is 0.733 e. The Labute approximate surface area is 251 Å². The number of carboxylic acids is 1. The molecule has 4 aliphatic rings. The zero-order chi connectivity index (χ0) is 31.1. The summed E-state index contributed by atoms with van der Waals surface area (Å²) in [6.07, 6.45) is 8.56. The third kappa shape index (κ3) is 5.82. The number of anilines is 1. The Balaban J connectivity index is 1.20. The number of hydrogen-bond donors (Lipinski definition) is 4. The van der Waals surface area contributed by atoms with Gasteiger partial charge in [-0.15, -0.1) is 0 Å². The number of carboxylic acid groups (broad SMARTS) is 1. The average Bonchev–Trinajstić information content (AvgIpc) is 3.33. The maximum Gasteiger partial charge on any atom is 0.329 e. The molecule has 8 atom stereocenters. The molecule has 1 amide bonds. The van der Waals surface area contributed by atoms with Gasteiger partial charge in [0.25, 0.3) is 5.91 Å². The smallest absolute Gasteiger partial charge is 0.329 e. The third-order valence-electron chi connectivity index (χ3n) is 11.2. The maximum atomic E-state index is 12.5. The molecule has 4 N–H and O–H groups in total. The lowest BCUT2D eigenvalue weighted by molar-refractivity contribution is -0.146. The molecule has 3 saturated carbocycles. The molecule has 4 aliphatic carbocycles. The van der Waals surface area contributed by atoms with E-state index in [4.69, 9.17) is 10.0 Å². The number of Topliss-reactive ketones (excluding diaryl/α,β-unsaturated/α-hetero) is 1. The Morgan fingerprint density at radius 3 is 2.60 bits per heavy atom. The van der Waals surface area contributed by atoms with Crippen LogP contribution in [-0.2, 0) is 19.2 Å². The minimum atomic E-state index is -1.71. The number of benzene rings is 1. The lowest BCUT2D eigenvalue weighted by Crippen LogP contribution is -2.51. The molecule has 5 rings (SSSR count). The molecule has 1 aromatic rings. The molecule has 234 valence electrons. The summed E-state index contributed by atoms with van der Waals surface area (Å²) in [4.78, 5) is 42.0. The van der Waals surface area contributed by atoms with Crippen molar-refractivity contribution in [2.24, 2.45) is 39.7 Å². The fourth-order valence-corrected chi connectivity index (χ4v) is 9.00. The first-order valence-electron chi connectivity index (χ1n) is 15.2. The fraction of sp³-hybridized carbons (Fsp3) is 0.625. The van der Waals surface area contributed by atoms with Gasteiger partial charge >= 0.3 is 5.97 Å². The van der Waals surface area contributed by atoms with Gasteiger partial charge in [0.1, 0.15) is 11.9 Å². The molecule has 0 aliphatic heterocycles. The summed E-state index contributed by atoms with van der Waals surface area (Å²) in [5.41, 5.74) is 2.15.